The Kier molecular flexibility index (Phi) is 4.07. The zero-order valence-corrected chi connectivity index (χ0v) is 11.7. The third kappa shape index (κ3) is 3.12. The smallest absolute Gasteiger partial charge is 0.138 e. The van der Waals surface area contributed by atoms with E-state index in [9.17, 15) is 5.11 Å². The van der Waals surface area contributed by atoms with Crippen LogP contribution in [0.5, 0.6) is 0 Å². The Morgan fingerprint density at radius 1 is 1.28 bits per heavy atom. The first-order chi connectivity index (χ1) is 8.50. The maximum absolute atomic E-state index is 10.5. The molecule has 0 bridgehead atoms. The van der Waals surface area contributed by atoms with Gasteiger partial charge in [0.2, 0.25) is 0 Å². The van der Waals surface area contributed by atoms with Crippen LogP contribution in [0, 0.1) is 13.8 Å². The second-order valence-electron chi connectivity index (χ2n) is 5.76. The average molecular weight is 252 g/mol. The molecule has 0 radical (unpaired) electrons. The Balaban J connectivity index is 1.94. The Hall–Kier alpha value is -0.870. The van der Waals surface area contributed by atoms with Crippen LogP contribution in [0.3, 0.4) is 0 Å². The summed E-state index contributed by atoms with van der Waals surface area (Å²) >= 11 is 0. The molecule has 18 heavy (non-hydrogen) atoms. The first kappa shape index (κ1) is 13.6. The van der Waals surface area contributed by atoms with E-state index < -0.39 is 5.60 Å². The Morgan fingerprint density at radius 3 is 2.50 bits per heavy atom. The van der Waals surface area contributed by atoms with Gasteiger partial charge in [-0.1, -0.05) is 24.4 Å². The molecule has 4 nitrogen and oxygen atoms in total. The summed E-state index contributed by atoms with van der Waals surface area (Å²) in [4.78, 5) is 2.18. The highest BCUT2D eigenvalue weighted by molar-refractivity contribution is 5.20. The highest BCUT2D eigenvalue weighted by Gasteiger charge is 2.30. The minimum Gasteiger partial charge on any atom is -0.389 e. The summed E-state index contributed by atoms with van der Waals surface area (Å²) < 4.78 is 5.17. The molecule has 1 aliphatic rings. The normalized spacial score (nSPS) is 19.4. The molecule has 1 aliphatic carbocycles. The zero-order valence-electron chi connectivity index (χ0n) is 11.7. The minimum atomic E-state index is -0.494. The van der Waals surface area contributed by atoms with Gasteiger partial charge >= 0.3 is 0 Å². The number of aromatic nitrogens is 1. The lowest BCUT2D eigenvalue weighted by atomic mass is 9.84. The molecule has 0 aromatic carbocycles. The van der Waals surface area contributed by atoms with Crippen LogP contribution in [0.25, 0.3) is 0 Å². The summed E-state index contributed by atoms with van der Waals surface area (Å²) in [6, 6.07) is 0. The number of hydrogen-bond donors (Lipinski definition) is 1. The van der Waals surface area contributed by atoms with E-state index in [0.29, 0.717) is 0 Å². The third-order valence-electron chi connectivity index (χ3n) is 3.96. The molecular weight excluding hydrogens is 228 g/mol. The largest absolute Gasteiger partial charge is 0.389 e. The van der Waals surface area contributed by atoms with Crippen molar-refractivity contribution in [2.24, 2.45) is 0 Å². The van der Waals surface area contributed by atoms with Gasteiger partial charge in [-0.2, -0.15) is 0 Å². The number of hydrogen-bond acceptors (Lipinski definition) is 4. The van der Waals surface area contributed by atoms with E-state index in [2.05, 4.69) is 17.1 Å². The molecule has 1 saturated carbocycles. The van der Waals surface area contributed by atoms with Crippen molar-refractivity contribution in [3.8, 4) is 0 Å². The van der Waals surface area contributed by atoms with Gasteiger partial charge in [-0.15, -0.1) is 0 Å². The lowest BCUT2D eigenvalue weighted by molar-refractivity contribution is -0.0224. The predicted octanol–water partition coefficient (Wildman–Crippen LogP) is 2.42. The van der Waals surface area contributed by atoms with Gasteiger partial charge < -0.3 is 9.63 Å². The number of nitrogens with zero attached hydrogens (tertiary/aromatic N) is 2. The third-order valence-corrected chi connectivity index (χ3v) is 3.96. The van der Waals surface area contributed by atoms with Crippen molar-refractivity contribution in [1.29, 1.82) is 0 Å². The highest BCUT2D eigenvalue weighted by atomic mass is 16.5. The molecule has 0 aliphatic heterocycles. The van der Waals surface area contributed by atoms with E-state index in [4.69, 9.17) is 4.52 Å². The van der Waals surface area contributed by atoms with Gasteiger partial charge in [0.1, 0.15) is 5.76 Å². The van der Waals surface area contributed by atoms with Crippen LogP contribution in [0.2, 0.25) is 0 Å². The van der Waals surface area contributed by atoms with Crippen molar-refractivity contribution >= 4 is 0 Å². The van der Waals surface area contributed by atoms with Gasteiger partial charge in [0.05, 0.1) is 11.3 Å². The molecule has 0 unspecified atom stereocenters. The highest BCUT2D eigenvalue weighted by Crippen LogP contribution is 2.29. The van der Waals surface area contributed by atoms with Crippen molar-refractivity contribution in [3.63, 3.8) is 0 Å². The van der Waals surface area contributed by atoms with Gasteiger partial charge in [0, 0.05) is 18.7 Å². The molecule has 0 saturated heterocycles. The van der Waals surface area contributed by atoms with E-state index >= 15 is 0 Å². The van der Waals surface area contributed by atoms with Crippen molar-refractivity contribution < 1.29 is 9.63 Å². The minimum absolute atomic E-state index is 0.494. The van der Waals surface area contributed by atoms with Crippen LogP contribution >= 0.6 is 0 Å². The van der Waals surface area contributed by atoms with Crippen LogP contribution in [-0.2, 0) is 6.54 Å². The zero-order chi connectivity index (χ0) is 13.2. The molecule has 1 fully saturated rings. The van der Waals surface area contributed by atoms with Gasteiger partial charge in [-0.25, -0.2) is 0 Å². The molecule has 1 heterocycles. The van der Waals surface area contributed by atoms with E-state index in [1.165, 1.54) is 6.42 Å². The first-order valence-corrected chi connectivity index (χ1v) is 6.83. The molecule has 1 aromatic rings. The summed E-state index contributed by atoms with van der Waals surface area (Å²) in [6.07, 6.45) is 5.42. The van der Waals surface area contributed by atoms with Crippen LogP contribution in [0.15, 0.2) is 4.52 Å². The Labute approximate surface area is 109 Å². The SMILES string of the molecule is Cc1noc(C)c1CN(C)CC1(O)CCCCC1. The molecular formula is C14H24N2O2. The van der Waals surface area contributed by atoms with Crippen molar-refractivity contribution in [3.05, 3.63) is 17.0 Å². The quantitative estimate of drug-likeness (QED) is 0.894. The standard InChI is InChI=1S/C14H24N2O2/c1-11-13(12(2)18-15-11)9-16(3)10-14(17)7-5-4-6-8-14/h17H,4-10H2,1-3H3. The number of aliphatic hydroxyl groups is 1. The second-order valence-corrected chi connectivity index (χ2v) is 5.76. The van der Waals surface area contributed by atoms with Crippen LogP contribution in [0.4, 0.5) is 0 Å². The fourth-order valence-corrected chi connectivity index (χ4v) is 2.92. The fraction of sp³-hybridized carbons (Fsp3) is 0.786. The van der Waals surface area contributed by atoms with Gasteiger partial charge in [-0.3, -0.25) is 4.90 Å². The van der Waals surface area contributed by atoms with Crippen molar-refractivity contribution in [2.75, 3.05) is 13.6 Å². The topological polar surface area (TPSA) is 49.5 Å². The fourth-order valence-electron chi connectivity index (χ4n) is 2.92. The van der Waals surface area contributed by atoms with Gasteiger partial charge in [0.25, 0.3) is 0 Å². The van der Waals surface area contributed by atoms with E-state index in [1.807, 2.05) is 13.8 Å². The monoisotopic (exact) mass is 252 g/mol. The molecule has 102 valence electrons. The summed E-state index contributed by atoms with van der Waals surface area (Å²) in [5, 5.41) is 14.5. The van der Waals surface area contributed by atoms with Crippen LogP contribution in [0.1, 0.15) is 49.1 Å². The lowest BCUT2D eigenvalue weighted by Crippen LogP contribution is -2.42. The maximum atomic E-state index is 10.5. The first-order valence-electron chi connectivity index (χ1n) is 6.83. The lowest BCUT2D eigenvalue weighted by Gasteiger charge is -2.35. The van der Waals surface area contributed by atoms with E-state index in [1.54, 1.807) is 0 Å². The molecule has 0 atom stereocenters. The van der Waals surface area contributed by atoms with Crippen molar-refractivity contribution in [2.45, 2.75) is 58.1 Å². The predicted molar refractivity (Wildman–Crippen MR) is 70.3 cm³/mol. The summed E-state index contributed by atoms with van der Waals surface area (Å²) in [7, 11) is 2.05. The number of rotatable bonds is 4. The molecule has 1 N–H and O–H groups in total. The Morgan fingerprint density at radius 2 is 1.94 bits per heavy atom. The van der Waals surface area contributed by atoms with Gasteiger partial charge in [0.15, 0.2) is 0 Å². The van der Waals surface area contributed by atoms with E-state index in [-0.39, 0.29) is 0 Å². The van der Waals surface area contributed by atoms with E-state index in [0.717, 1.165) is 55.8 Å². The molecule has 2 rings (SSSR count). The molecule has 0 amide bonds. The van der Waals surface area contributed by atoms with Crippen LogP contribution < -0.4 is 0 Å². The average Bonchev–Trinajstić information content (AvgIpc) is 2.61. The maximum Gasteiger partial charge on any atom is 0.138 e. The van der Waals surface area contributed by atoms with Crippen molar-refractivity contribution in [1.82, 2.24) is 10.1 Å². The summed E-state index contributed by atoms with van der Waals surface area (Å²) in [5.41, 5.74) is 1.61. The molecule has 4 heteroatoms. The van der Waals surface area contributed by atoms with Gasteiger partial charge in [-0.05, 0) is 33.7 Å². The Bertz CT molecular complexity index is 375. The summed E-state index contributed by atoms with van der Waals surface area (Å²) in [5.74, 6) is 0.884. The van der Waals surface area contributed by atoms with Crippen LogP contribution in [-0.4, -0.2) is 34.4 Å². The number of likely N-dealkylation sites (N-methyl/N-ethyl adjacent to an activating group) is 1. The molecule has 0 spiro atoms. The summed E-state index contributed by atoms with van der Waals surface area (Å²) in [6.45, 7) is 5.44. The molecule has 1 aromatic heterocycles. The second kappa shape index (κ2) is 5.41. The number of aryl methyl sites for hydroxylation is 2.